The van der Waals surface area contributed by atoms with E-state index in [1.54, 1.807) is 34.5 Å². The molecule has 3 heterocycles. The van der Waals surface area contributed by atoms with Gasteiger partial charge in [0.25, 0.3) is 0 Å². The van der Waals surface area contributed by atoms with E-state index in [0.29, 0.717) is 11.4 Å². The number of aromatic hydroxyl groups is 1. The molecule has 3 rings (SSSR count). The van der Waals surface area contributed by atoms with Crippen molar-refractivity contribution in [2.75, 3.05) is 0 Å². The molecule has 1 N–H and O–H groups in total. The van der Waals surface area contributed by atoms with Crippen molar-refractivity contribution in [3.63, 3.8) is 0 Å². The quantitative estimate of drug-likeness (QED) is 0.770. The first-order chi connectivity index (χ1) is 8.34. The van der Waals surface area contributed by atoms with Crippen molar-refractivity contribution in [2.24, 2.45) is 0 Å². The molecule has 86 valence electrons. The lowest BCUT2D eigenvalue weighted by Crippen LogP contribution is -2.05. The molecular weight excluding hydrogens is 234 g/mol. The van der Waals surface area contributed by atoms with E-state index in [0.717, 1.165) is 13.0 Å². The molecule has 0 saturated heterocycles. The van der Waals surface area contributed by atoms with Crippen LogP contribution < -0.4 is 0 Å². The van der Waals surface area contributed by atoms with Crippen molar-refractivity contribution in [1.82, 2.24) is 14.5 Å². The molecule has 4 nitrogen and oxygen atoms in total. The van der Waals surface area contributed by atoms with Crippen LogP contribution in [-0.4, -0.2) is 19.6 Å². The van der Waals surface area contributed by atoms with Gasteiger partial charge in [-0.3, -0.25) is 0 Å². The monoisotopic (exact) mass is 245 g/mol. The number of hydrogen-bond donors (Lipinski definition) is 1. The Morgan fingerprint density at radius 1 is 1.29 bits per heavy atom. The third kappa shape index (κ3) is 1.89. The number of aromatic nitrogens is 3. The van der Waals surface area contributed by atoms with Crippen LogP contribution >= 0.6 is 11.3 Å². The minimum Gasteiger partial charge on any atom is -0.494 e. The summed E-state index contributed by atoms with van der Waals surface area (Å²) in [5.41, 5.74) is 1.99. The Kier molecular flexibility index (Phi) is 2.53. The van der Waals surface area contributed by atoms with E-state index in [4.69, 9.17) is 0 Å². The Balaban J connectivity index is 1.86. The Bertz CT molecular complexity index is 588. The second kappa shape index (κ2) is 4.18. The molecule has 0 bridgehead atoms. The molecule has 0 amide bonds. The maximum Gasteiger partial charge on any atom is 0.203 e. The first-order valence-corrected chi connectivity index (χ1v) is 6.29. The number of rotatable bonds is 3. The standard InChI is InChI=1S/C12H11N3OS/c16-12-10-1-4-13-11(10)14-8-15(12)5-2-9-3-6-17-7-9/h1,3-4,6-8,16H,2,5H2. The van der Waals surface area contributed by atoms with Gasteiger partial charge in [0.05, 0.1) is 11.9 Å². The lowest BCUT2D eigenvalue weighted by atomic mass is 10.2. The molecular formula is C12H11N3OS. The zero-order valence-electron chi connectivity index (χ0n) is 9.08. The number of hydrogen-bond acceptors (Lipinski definition) is 4. The summed E-state index contributed by atoms with van der Waals surface area (Å²) in [6.07, 6.45) is 4.18. The van der Waals surface area contributed by atoms with E-state index >= 15 is 0 Å². The van der Waals surface area contributed by atoms with Gasteiger partial charge in [-0.25, -0.2) is 9.97 Å². The van der Waals surface area contributed by atoms with E-state index in [1.807, 2.05) is 0 Å². The van der Waals surface area contributed by atoms with Gasteiger partial charge in [0.2, 0.25) is 5.88 Å². The minimum absolute atomic E-state index is 0.239. The summed E-state index contributed by atoms with van der Waals surface area (Å²) in [5.74, 6) is 0.831. The highest BCUT2D eigenvalue weighted by Crippen LogP contribution is 2.27. The molecule has 0 saturated carbocycles. The fourth-order valence-electron chi connectivity index (χ4n) is 1.79. The normalized spacial score (nSPS) is 11.1. The topological polar surface area (TPSA) is 50.9 Å². The average molecular weight is 245 g/mol. The van der Waals surface area contributed by atoms with Gasteiger partial charge in [-0.2, -0.15) is 11.3 Å². The van der Waals surface area contributed by atoms with Crippen LogP contribution in [0.4, 0.5) is 0 Å². The maximum absolute atomic E-state index is 10.1. The lowest BCUT2D eigenvalue weighted by molar-refractivity contribution is 0.410. The van der Waals surface area contributed by atoms with Crippen molar-refractivity contribution >= 4 is 11.3 Å². The Hall–Kier alpha value is -1.88. The summed E-state index contributed by atoms with van der Waals surface area (Å²) in [6.45, 7) is 0.719. The Morgan fingerprint density at radius 2 is 2.24 bits per heavy atom. The van der Waals surface area contributed by atoms with E-state index < -0.39 is 0 Å². The lowest BCUT2D eigenvalue weighted by Gasteiger charge is -2.10. The van der Waals surface area contributed by atoms with Crippen molar-refractivity contribution in [2.45, 2.75) is 13.0 Å². The van der Waals surface area contributed by atoms with Crippen LogP contribution in [0.25, 0.3) is 11.4 Å². The minimum atomic E-state index is 0.239. The van der Waals surface area contributed by atoms with Crippen LogP contribution in [0.15, 0.2) is 35.4 Å². The molecule has 17 heavy (non-hydrogen) atoms. The number of aryl methyl sites for hydroxylation is 2. The molecule has 1 aromatic rings. The first-order valence-electron chi connectivity index (χ1n) is 5.34. The molecule has 0 radical (unpaired) electrons. The third-order valence-electron chi connectivity index (χ3n) is 2.73. The van der Waals surface area contributed by atoms with Gasteiger partial charge in [0.15, 0.2) is 5.82 Å². The van der Waals surface area contributed by atoms with E-state index in [-0.39, 0.29) is 5.88 Å². The Labute approximate surface area is 103 Å². The number of nitrogens with zero attached hydrogens (tertiary/aromatic N) is 3. The maximum atomic E-state index is 10.1. The molecule has 2 aliphatic rings. The number of thiophene rings is 1. The van der Waals surface area contributed by atoms with E-state index in [9.17, 15) is 5.11 Å². The molecule has 0 unspecified atom stereocenters. The summed E-state index contributed by atoms with van der Waals surface area (Å²) in [6, 6.07) is 3.87. The predicted octanol–water partition coefficient (Wildman–Crippen LogP) is 2.39. The van der Waals surface area contributed by atoms with Gasteiger partial charge in [-0.15, -0.1) is 0 Å². The summed E-state index contributed by atoms with van der Waals surface area (Å²) >= 11 is 1.69. The average Bonchev–Trinajstić information content (AvgIpc) is 2.99. The van der Waals surface area contributed by atoms with Crippen LogP contribution in [0.2, 0.25) is 0 Å². The smallest absolute Gasteiger partial charge is 0.203 e. The van der Waals surface area contributed by atoms with Gasteiger partial charge in [-0.05, 0) is 34.9 Å². The van der Waals surface area contributed by atoms with Crippen LogP contribution in [0.3, 0.4) is 0 Å². The fraction of sp³-hybridized carbons (Fsp3) is 0.167. The van der Waals surface area contributed by atoms with Crippen molar-refractivity contribution in [1.29, 1.82) is 0 Å². The predicted molar refractivity (Wildman–Crippen MR) is 66.3 cm³/mol. The van der Waals surface area contributed by atoms with Crippen LogP contribution in [0, 0.1) is 0 Å². The second-order valence-electron chi connectivity index (χ2n) is 3.83. The first kappa shape index (κ1) is 10.3. The summed E-state index contributed by atoms with van der Waals surface area (Å²) in [5, 5.41) is 14.2. The highest BCUT2D eigenvalue weighted by molar-refractivity contribution is 7.07. The molecule has 0 aliphatic carbocycles. The summed E-state index contributed by atoms with van der Waals surface area (Å²) in [7, 11) is 0. The van der Waals surface area contributed by atoms with Gasteiger partial charge in [-0.1, -0.05) is 0 Å². The van der Waals surface area contributed by atoms with E-state index in [1.165, 1.54) is 5.56 Å². The Morgan fingerprint density at radius 3 is 3.06 bits per heavy atom. The van der Waals surface area contributed by atoms with Crippen LogP contribution in [0.1, 0.15) is 5.56 Å². The molecule has 0 atom stereocenters. The molecule has 0 aromatic carbocycles. The van der Waals surface area contributed by atoms with Crippen molar-refractivity contribution in [3.05, 3.63) is 41.0 Å². The highest BCUT2D eigenvalue weighted by Gasteiger charge is 2.13. The van der Waals surface area contributed by atoms with E-state index in [2.05, 4.69) is 26.8 Å². The molecule has 1 aromatic heterocycles. The highest BCUT2D eigenvalue weighted by atomic mass is 32.1. The fourth-order valence-corrected chi connectivity index (χ4v) is 2.49. The SMILES string of the molecule is Oc1c2ccnc-2ncn1CCc1ccsc1. The molecule has 0 fully saturated rings. The van der Waals surface area contributed by atoms with Crippen molar-refractivity contribution < 1.29 is 5.11 Å². The van der Waals surface area contributed by atoms with Gasteiger partial charge < -0.3 is 9.67 Å². The summed E-state index contributed by atoms with van der Waals surface area (Å²) in [4.78, 5) is 8.24. The van der Waals surface area contributed by atoms with Gasteiger partial charge >= 0.3 is 0 Å². The number of fused-ring (bicyclic) bond motifs is 1. The summed E-state index contributed by atoms with van der Waals surface area (Å²) < 4.78 is 1.75. The second-order valence-corrected chi connectivity index (χ2v) is 4.61. The zero-order valence-corrected chi connectivity index (χ0v) is 9.89. The van der Waals surface area contributed by atoms with Crippen LogP contribution in [-0.2, 0) is 13.0 Å². The molecule has 2 aliphatic heterocycles. The zero-order chi connectivity index (χ0) is 11.7. The van der Waals surface area contributed by atoms with Gasteiger partial charge in [0.1, 0.15) is 0 Å². The third-order valence-corrected chi connectivity index (χ3v) is 3.46. The largest absolute Gasteiger partial charge is 0.494 e. The van der Waals surface area contributed by atoms with Gasteiger partial charge in [0, 0.05) is 12.7 Å². The van der Waals surface area contributed by atoms with Crippen LogP contribution in [0.5, 0.6) is 5.88 Å². The van der Waals surface area contributed by atoms with Crippen molar-refractivity contribution in [3.8, 4) is 17.3 Å². The molecule has 5 heteroatoms. The molecule has 0 spiro atoms.